The van der Waals surface area contributed by atoms with Crippen LogP contribution in [0.15, 0.2) is 22.7 Å². The second kappa shape index (κ2) is 3.71. The molecular formula is C10H12BrN3. The lowest BCUT2D eigenvalue weighted by Crippen LogP contribution is -2.10. The van der Waals surface area contributed by atoms with Crippen molar-refractivity contribution in [3.63, 3.8) is 0 Å². The van der Waals surface area contributed by atoms with Gasteiger partial charge in [0, 0.05) is 16.9 Å². The van der Waals surface area contributed by atoms with Crippen LogP contribution in [0.2, 0.25) is 0 Å². The number of aromatic amines is 1. The van der Waals surface area contributed by atoms with Gasteiger partial charge in [-0.3, -0.25) is 0 Å². The van der Waals surface area contributed by atoms with E-state index in [0.717, 1.165) is 21.3 Å². The smallest absolute Gasteiger partial charge is 0.111 e. The first-order valence-electron chi connectivity index (χ1n) is 4.56. The molecule has 0 aliphatic heterocycles. The van der Waals surface area contributed by atoms with Crippen LogP contribution < -0.4 is 5.73 Å². The Labute approximate surface area is 90.8 Å². The summed E-state index contributed by atoms with van der Waals surface area (Å²) in [5.74, 6) is 1.23. The summed E-state index contributed by atoms with van der Waals surface area (Å²) < 4.78 is 1.02. The standard InChI is InChI=1S/C10H12BrN3/c1-6(5-12)10-13-8-4-2-3-7(11)9(8)14-10/h2-4,6H,5,12H2,1H3,(H,13,14). The summed E-state index contributed by atoms with van der Waals surface area (Å²) in [7, 11) is 0. The molecule has 1 aromatic carbocycles. The molecule has 14 heavy (non-hydrogen) atoms. The molecule has 0 saturated carbocycles. The van der Waals surface area contributed by atoms with Gasteiger partial charge in [0.2, 0.25) is 0 Å². The van der Waals surface area contributed by atoms with Crippen LogP contribution in [0.5, 0.6) is 0 Å². The number of nitrogens with zero attached hydrogens (tertiary/aromatic N) is 1. The number of rotatable bonds is 2. The number of nitrogens with two attached hydrogens (primary N) is 1. The summed E-state index contributed by atoms with van der Waals surface area (Å²) in [6.45, 7) is 2.67. The Morgan fingerprint density at radius 3 is 3.00 bits per heavy atom. The minimum absolute atomic E-state index is 0.272. The topological polar surface area (TPSA) is 54.7 Å². The minimum atomic E-state index is 0.272. The van der Waals surface area contributed by atoms with E-state index in [2.05, 4.69) is 32.8 Å². The van der Waals surface area contributed by atoms with Crippen LogP contribution >= 0.6 is 15.9 Å². The highest BCUT2D eigenvalue weighted by Gasteiger charge is 2.10. The molecule has 1 heterocycles. The Hall–Kier alpha value is -0.870. The van der Waals surface area contributed by atoms with Crippen LogP contribution in [0.25, 0.3) is 11.0 Å². The molecule has 0 saturated heterocycles. The summed E-state index contributed by atoms with van der Waals surface area (Å²) >= 11 is 3.47. The SMILES string of the molecule is CC(CN)c1nc2c(Br)cccc2[nH]1. The van der Waals surface area contributed by atoms with Crippen LogP contribution in [-0.2, 0) is 0 Å². The third-order valence-corrected chi connectivity index (χ3v) is 2.94. The van der Waals surface area contributed by atoms with Gasteiger partial charge in [0.05, 0.1) is 5.52 Å². The molecule has 3 N–H and O–H groups in total. The van der Waals surface area contributed by atoms with Crippen LogP contribution in [0.3, 0.4) is 0 Å². The quantitative estimate of drug-likeness (QED) is 0.864. The second-order valence-electron chi connectivity index (χ2n) is 3.39. The van der Waals surface area contributed by atoms with Gasteiger partial charge in [-0.25, -0.2) is 4.98 Å². The van der Waals surface area contributed by atoms with Crippen molar-refractivity contribution in [2.75, 3.05) is 6.54 Å². The third kappa shape index (κ3) is 1.55. The van der Waals surface area contributed by atoms with Gasteiger partial charge in [0.15, 0.2) is 0 Å². The van der Waals surface area contributed by atoms with Crippen molar-refractivity contribution < 1.29 is 0 Å². The average molecular weight is 254 g/mol. The van der Waals surface area contributed by atoms with Crippen LogP contribution in [0.4, 0.5) is 0 Å². The van der Waals surface area contributed by atoms with Gasteiger partial charge in [-0.15, -0.1) is 0 Å². The molecule has 1 aromatic heterocycles. The molecule has 3 nitrogen and oxygen atoms in total. The fraction of sp³-hybridized carbons (Fsp3) is 0.300. The lowest BCUT2D eigenvalue weighted by atomic mass is 10.2. The maximum absolute atomic E-state index is 5.59. The molecule has 2 aromatic rings. The number of benzene rings is 1. The minimum Gasteiger partial charge on any atom is -0.342 e. The zero-order valence-corrected chi connectivity index (χ0v) is 9.51. The van der Waals surface area contributed by atoms with Crippen molar-refractivity contribution in [2.45, 2.75) is 12.8 Å². The van der Waals surface area contributed by atoms with E-state index in [9.17, 15) is 0 Å². The largest absolute Gasteiger partial charge is 0.342 e. The van der Waals surface area contributed by atoms with Crippen molar-refractivity contribution in [2.24, 2.45) is 5.73 Å². The fourth-order valence-electron chi connectivity index (χ4n) is 1.36. The zero-order chi connectivity index (χ0) is 10.1. The Morgan fingerprint density at radius 1 is 1.57 bits per heavy atom. The summed E-state index contributed by atoms with van der Waals surface area (Å²) in [6.07, 6.45) is 0. The van der Waals surface area contributed by atoms with E-state index in [0.29, 0.717) is 6.54 Å². The molecule has 2 rings (SSSR count). The molecule has 4 heteroatoms. The Balaban J connectivity index is 2.56. The summed E-state index contributed by atoms with van der Waals surface area (Å²) in [4.78, 5) is 7.77. The molecule has 0 radical (unpaired) electrons. The molecule has 1 atom stereocenters. The zero-order valence-electron chi connectivity index (χ0n) is 7.92. The van der Waals surface area contributed by atoms with Crippen LogP contribution in [0, 0.1) is 0 Å². The molecule has 1 unspecified atom stereocenters. The Morgan fingerprint density at radius 2 is 2.36 bits per heavy atom. The van der Waals surface area contributed by atoms with Gasteiger partial charge >= 0.3 is 0 Å². The number of fused-ring (bicyclic) bond motifs is 1. The maximum Gasteiger partial charge on any atom is 0.111 e. The summed E-state index contributed by atoms with van der Waals surface area (Å²) in [6, 6.07) is 5.99. The maximum atomic E-state index is 5.59. The van der Waals surface area contributed by atoms with E-state index in [1.807, 2.05) is 18.2 Å². The number of hydrogen-bond donors (Lipinski definition) is 2. The highest BCUT2D eigenvalue weighted by atomic mass is 79.9. The predicted octanol–water partition coefficient (Wildman–Crippen LogP) is 2.39. The number of imidazole rings is 1. The van der Waals surface area contributed by atoms with Gasteiger partial charge in [-0.05, 0) is 28.1 Å². The number of nitrogens with one attached hydrogen (secondary N) is 1. The van der Waals surface area contributed by atoms with Crippen LogP contribution in [0.1, 0.15) is 18.7 Å². The van der Waals surface area contributed by atoms with Crippen molar-refractivity contribution in [1.82, 2.24) is 9.97 Å². The molecule has 0 amide bonds. The highest BCUT2D eigenvalue weighted by molar-refractivity contribution is 9.10. The number of hydrogen-bond acceptors (Lipinski definition) is 2. The monoisotopic (exact) mass is 253 g/mol. The first-order valence-corrected chi connectivity index (χ1v) is 5.36. The molecule has 0 fully saturated rings. The van der Waals surface area contributed by atoms with Gasteiger partial charge in [-0.2, -0.15) is 0 Å². The highest BCUT2D eigenvalue weighted by Crippen LogP contribution is 2.23. The van der Waals surface area contributed by atoms with Crippen molar-refractivity contribution in [3.05, 3.63) is 28.5 Å². The lowest BCUT2D eigenvalue weighted by molar-refractivity contribution is 0.727. The summed E-state index contributed by atoms with van der Waals surface area (Å²) in [5, 5.41) is 0. The van der Waals surface area contributed by atoms with Gasteiger partial charge in [0.25, 0.3) is 0 Å². The number of H-pyrrole nitrogens is 1. The van der Waals surface area contributed by atoms with E-state index < -0.39 is 0 Å². The van der Waals surface area contributed by atoms with Gasteiger partial charge in [0.1, 0.15) is 11.3 Å². The van der Waals surface area contributed by atoms with Crippen molar-refractivity contribution in [1.29, 1.82) is 0 Å². The predicted molar refractivity (Wildman–Crippen MR) is 61.3 cm³/mol. The van der Waals surface area contributed by atoms with Gasteiger partial charge in [-0.1, -0.05) is 13.0 Å². The molecule has 0 spiro atoms. The average Bonchev–Trinajstić information content (AvgIpc) is 2.62. The lowest BCUT2D eigenvalue weighted by Gasteiger charge is -2.01. The van der Waals surface area contributed by atoms with Crippen molar-refractivity contribution >= 4 is 27.0 Å². The van der Waals surface area contributed by atoms with E-state index in [1.54, 1.807) is 0 Å². The second-order valence-corrected chi connectivity index (χ2v) is 4.25. The van der Waals surface area contributed by atoms with Crippen LogP contribution in [-0.4, -0.2) is 16.5 Å². The van der Waals surface area contributed by atoms with Gasteiger partial charge < -0.3 is 10.7 Å². The molecule has 0 bridgehead atoms. The summed E-state index contributed by atoms with van der Waals surface area (Å²) in [5.41, 5.74) is 7.62. The molecule has 0 aliphatic rings. The first-order chi connectivity index (χ1) is 6.72. The first kappa shape index (κ1) is 9.68. The Bertz CT molecular complexity index is 450. The Kier molecular flexibility index (Phi) is 2.56. The molecular weight excluding hydrogens is 242 g/mol. The number of halogens is 1. The molecule has 74 valence electrons. The molecule has 0 aliphatic carbocycles. The van der Waals surface area contributed by atoms with E-state index >= 15 is 0 Å². The van der Waals surface area contributed by atoms with Crippen molar-refractivity contribution in [3.8, 4) is 0 Å². The third-order valence-electron chi connectivity index (χ3n) is 2.30. The van der Waals surface area contributed by atoms with E-state index in [1.165, 1.54) is 0 Å². The number of para-hydroxylation sites is 1. The number of aromatic nitrogens is 2. The fourth-order valence-corrected chi connectivity index (χ4v) is 1.82. The van der Waals surface area contributed by atoms with E-state index in [-0.39, 0.29) is 5.92 Å². The normalized spacial score (nSPS) is 13.4. The van der Waals surface area contributed by atoms with E-state index in [4.69, 9.17) is 5.73 Å².